The van der Waals surface area contributed by atoms with Gasteiger partial charge in [0.1, 0.15) is 23.5 Å². The fourth-order valence-corrected chi connectivity index (χ4v) is 2.94. The van der Waals surface area contributed by atoms with E-state index in [-0.39, 0.29) is 6.54 Å². The van der Waals surface area contributed by atoms with Gasteiger partial charge in [-0.3, -0.25) is 0 Å². The summed E-state index contributed by atoms with van der Waals surface area (Å²) in [4.78, 5) is -1.01. The van der Waals surface area contributed by atoms with Crippen LogP contribution in [-0.4, -0.2) is 22.1 Å². The summed E-state index contributed by atoms with van der Waals surface area (Å²) in [6.07, 6.45) is 0.705. The van der Waals surface area contributed by atoms with E-state index in [9.17, 15) is 17.2 Å². The van der Waals surface area contributed by atoms with E-state index in [0.29, 0.717) is 5.76 Å². The van der Waals surface area contributed by atoms with Crippen LogP contribution in [0.5, 0.6) is 0 Å². The van der Waals surface area contributed by atoms with Gasteiger partial charge in [0, 0.05) is 13.7 Å². The normalized spacial score (nSPS) is 13.3. The average molecular weight is 317 g/mol. The van der Waals surface area contributed by atoms with Gasteiger partial charge in [0.2, 0.25) is 10.0 Å². The van der Waals surface area contributed by atoms with Gasteiger partial charge in [-0.25, -0.2) is 21.9 Å². The Bertz CT molecular complexity index is 681. The number of methoxy groups -OCH3 is 1. The third-order valence-electron chi connectivity index (χ3n) is 2.79. The molecule has 0 fully saturated rings. The van der Waals surface area contributed by atoms with E-state index in [1.807, 2.05) is 0 Å². The highest BCUT2D eigenvalue weighted by atomic mass is 32.2. The molecule has 0 saturated carbocycles. The molecule has 8 heteroatoms. The number of sulfonamides is 1. The van der Waals surface area contributed by atoms with Crippen LogP contribution in [0.4, 0.5) is 8.78 Å². The third kappa shape index (κ3) is 3.46. The summed E-state index contributed by atoms with van der Waals surface area (Å²) >= 11 is 0. The maximum Gasteiger partial charge on any atom is 0.246 e. The molecule has 1 aromatic heterocycles. The molecule has 2 rings (SSSR count). The largest absolute Gasteiger partial charge is 0.467 e. The van der Waals surface area contributed by atoms with E-state index in [1.54, 1.807) is 12.1 Å². The van der Waals surface area contributed by atoms with Gasteiger partial charge >= 0.3 is 0 Å². The van der Waals surface area contributed by atoms with Crippen LogP contribution >= 0.6 is 0 Å². The fraction of sp³-hybridized carbons (Fsp3) is 0.231. The zero-order valence-electron chi connectivity index (χ0n) is 11.0. The second-order valence-electron chi connectivity index (χ2n) is 4.14. The van der Waals surface area contributed by atoms with Gasteiger partial charge in [-0.1, -0.05) is 6.07 Å². The second kappa shape index (κ2) is 6.33. The zero-order chi connectivity index (χ0) is 15.5. The van der Waals surface area contributed by atoms with Crippen LogP contribution < -0.4 is 4.72 Å². The van der Waals surface area contributed by atoms with Crippen LogP contribution in [0.25, 0.3) is 0 Å². The van der Waals surface area contributed by atoms with E-state index in [1.165, 1.54) is 13.4 Å². The van der Waals surface area contributed by atoms with Gasteiger partial charge in [0.05, 0.1) is 6.26 Å². The molecule has 0 bridgehead atoms. The Morgan fingerprint density at radius 3 is 2.43 bits per heavy atom. The van der Waals surface area contributed by atoms with Crippen molar-refractivity contribution < 1.29 is 26.4 Å². The first-order valence-electron chi connectivity index (χ1n) is 5.95. The molecular formula is C13H13F2NO4S. The summed E-state index contributed by atoms with van der Waals surface area (Å²) in [6, 6.07) is 6.05. The van der Waals surface area contributed by atoms with Crippen LogP contribution in [0.3, 0.4) is 0 Å². The van der Waals surface area contributed by atoms with Crippen molar-refractivity contribution in [2.75, 3.05) is 13.7 Å². The van der Waals surface area contributed by atoms with E-state index in [0.717, 1.165) is 18.2 Å². The van der Waals surface area contributed by atoms with Crippen LogP contribution in [0.15, 0.2) is 45.9 Å². The predicted molar refractivity (Wildman–Crippen MR) is 70.0 cm³/mol. The smallest absolute Gasteiger partial charge is 0.246 e. The van der Waals surface area contributed by atoms with Gasteiger partial charge in [0.15, 0.2) is 4.90 Å². The second-order valence-corrected chi connectivity index (χ2v) is 5.85. The van der Waals surface area contributed by atoms with Crippen LogP contribution in [0.2, 0.25) is 0 Å². The van der Waals surface area contributed by atoms with Crippen molar-refractivity contribution in [3.05, 3.63) is 54.0 Å². The maximum atomic E-state index is 13.5. The van der Waals surface area contributed by atoms with Crippen molar-refractivity contribution in [1.29, 1.82) is 0 Å². The minimum absolute atomic E-state index is 0.222. The molecule has 21 heavy (non-hydrogen) atoms. The molecule has 1 heterocycles. The summed E-state index contributed by atoms with van der Waals surface area (Å²) in [5.74, 6) is -1.92. The molecule has 5 nitrogen and oxygen atoms in total. The van der Waals surface area contributed by atoms with Crippen molar-refractivity contribution in [3.63, 3.8) is 0 Å². The Morgan fingerprint density at radius 2 is 1.90 bits per heavy atom. The molecule has 1 N–H and O–H groups in total. The molecule has 0 spiro atoms. The summed E-state index contributed by atoms with van der Waals surface area (Å²) < 4.78 is 63.3. The monoisotopic (exact) mass is 317 g/mol. The minimum atomic E-state index is -4.34. The number of furan rings is 1. The summed E-state index contributed by atoms with van der Waals surface area (Å²) in [7, 11) is -2.97. The number of nitrogens with one attached hydrogen (secondary N) is 1. The van der Waals surface area contributed by atoms with E-state index in [4.69, 9.17) is 9.15 Å². The van der Waals surface area contributed by atoms with E-state index < -0.39 is 32.7 Å². The molecule has 1 aromatic carbocycles. The molecule has 0 aliphatic rings. The first-order valence-corrected chi connectivity index (χ1v) is 7.44. The first kappa shape index (κ1) is 15.6. The van der Waals surface area contributed by atoms with Crippen molar-refractivity contribution in [2.45, 2.75) is 11.0 Å². The quantitative estimate of drug-likeness (QED) is 0.887. The number of rotatable bonds is 6. The fourth-order valence-electron chi connectivity index (χ4n) is 1.77. The molecule has 1 atom stereocenters. The van der Waals surface area contributed by atoms with Gasteiger partial charge in [-0.15, -0.1) is 0 Å². The molecule has 2 aromatic rings. The molecule has 0 aliphatic carbocycles. The highest BCUT2D eigenvalue weighted by molar-refractivity contribution is 7.89. The number of ether oxygens (including phenoxy) is 1. The zero-order valence-corrected chi connectivity index (χ0v) is 11.9. The highest BCUT2D eigenvalue weighted by Crippen LogP contribution is 2.20. The number of hydrogen-bond donors (Lipinski definition) is 1. The first-order chi connectivity index (χ1) is 9.95. The van der Waals surface area contributed by atoms with Gasteiger partial charge < -0.3 is 9.15 Å². The Labute approximate surface area is 120 Å². The number of benzene rings is 1. The van der Waals surface area contributed by atoms with Crippen LogP contribution in [-0.2, 0) is 14.8 Å². The van der Waals surface area contributed by atoms with E-state index in [2.05, 4.69) is 4.72 Å². The van der Waals surface area contributed by atoms with E-state index >= 15 is 0 Å². The Morgan fingerprint density at radius 1 is 1.24 bits per heavy atom. The number of halogens is 2. The topological polar surface area (TPSA) is 68.5 Å². The SMILES string of the molecule is CO[C@H](CNS(=O)(=O)c1c(F)cccc1F)c1ccco1. The van der Waals surface area contributed by atoms with Crippen molar-refractivity contribution in [3.8, 4) is 0 Å². The molecule has 0 radical (unpaired) electrons. The van der Waals surface area contributed by atoms with Crippen LogP contribution in [0, 0.1) is 11.6 Å². The third-order valence-corrected chi connectivity index (χ3v) is 4.27. The molecule has 0 unspecified atom stereocenters. The predicted octanol–water partition coefficient (Wildman–Crippen LogP) is 2.22. The minimum Gasteiger partial charge on any atom is -0.467 e. The van der Waals surface area contributed by atoms with Crippen molar-refractivity contribution >= 4 is 10.0 Å². The molecule has 0 aliphatic heterocycles. The lowest BCUT2D eigenvalue weighted by molar-refractivity contribution is 0.0878. The summed E-state index contributed by atoms with van der Waals surface area (Å²) in [6.45, 7) is -0.222. The van der Waals surface area contributed by atoms with Crippen molar-refractivity contribution in [1.82, 2.24) is 4.72 Å². The highest BCUT2D eigenvalue weighted by Gasteiger charge is 2.25. The summed E-state index contributed by atoms with van der Waals surface area (Å²) in [5, 5.41) is 0. The lowest BCUT2D eigenvalue weighted by Gasteiger charge is -2.14. The number of hydrogen-bond acceptors (Lipinski definition) is 4. The Hall–Kier alpha value is -1.77. The van der Waals surface area contributed by atoms with Gasteiger partial charge in [-0.2, -0.15) is 0 Å². The molecule has 0 saturated heterocycles. The maximum absolute atomic E-state index is 13.5. The molecule has 114 valence electrons. The molecular weight excluding hydrogens is 304 g/mol. The Balaban J connectivity index is 2.18. The van der Waals surface area contributed by atoms with Gasteiger partial charge in [0.25, 0.3) is 0 Å². The molecule has 0 amide bonds. The lowest BCUT2D eigenvalue weighted by Crippen LogP contribution is -2.30. The standard InChI is InChI=1S/C13H13F2NO4S/c1-19-12(11-6-3-7-20-11)8-16-21(17,18)13-9(14)4-2-5-10(13)15/h2-7,12,16H,8H2,1H3/t12-/m1/s1. The summed E-state index contributed by atoms with van der Waals surface area (Å²) in [5.41, 5.74) is 0. The van der Waals surface area contributed by atoms with Crippen LogP contribution in [0.1, 0.15) is 11.9 Å². The van der Waals surface area contributed by atoms with Gasteiger partial charge in [-0.05, 0) is 24.3 Å². The van der Waals surface area contributed by atoms with Crippen molar-refractivity contribution in [2.24, 2.45) is 0 Å². The average Bonchev–Trinajstić information content (AvgIpc) is 2.93. The Kier molecular flexibility index (Phi) is 4.71. The lowest BCUT2D eigenvalue weighted by atomic mass is 10.3.